The number of ether oxygens (including phenoxy) is 2. The first-order valence-corrected chi connectivity index (χ1v) is 13.5. The van der Waals surface area contributed by atoms with Gasteiger partial charge in [0.2, 0.25) is 0 Å². The molecule has 4 heteroatoms. The lowest BCUT2D eigenvalue weighted by atomic mass is 9.43. The minimum absolute atomic E-state index is 0.0415. The lowest BCUT2D eigenvalue weighted by Gasteiger charge is -2.62. The molecule has 182 valence electrons. The zero-order valence-electron chi connectivity index (χ0n) is 21.3. The van der Waals surface area contributed by atoms with Gasteiger partial charge < -0.3 is 9.47 Å². The van der Waals surface area contributed by atoms with Crippen LogP contribution in [0.3, 0.4) is 0 Å². The van der Waals surface area contributed by atoms with Gasteiger partial charge in [-0.25, -0.2) is 0 Å². The van der Waals surface area contributed by atoms with Crippen molar-refractivity contribution in [1.29, 1.82) is 0 Å². The SMILES string of the molecule is CCCC(C)[C@H]1CCC2C3CCC4C[C@H](OC(C)=O)CCC4(C)C3C[C@H](OC(C)=O)[C@@]21C. The van der Waals surface area contributed by atoms with Gasteiger partial charge in [0.05, 0.1) is 0 Å². The van der Waals surface area contributed by atoms with Crippen LogP contribution in [0.5, 0.6) is 0 Å². The Morgan fingerprint density at radius 1 is 0.938 bits per heavy atom. The van der Waals surface area contributed by atoms with Crippen LogP contribution in [0.1, 0.15) is 106 Å². The van der Waals surface area contributed by atoms with Crippen molar-refractivity contribution in [3.8, 4) is 0 Å². The van der Waals surface area contributed by atoms with E-state index in [2.05, 4.69) is 27.7 Å². The molecule has 0 aromatic rings. The third-order valence-corrected chi connectivity index (χ3v) is 10.8. The van der Waals surface area contributed by atoms with Crippen LogP contribution < -0.4 is 0 Å². The Morgan fingerprint density at radius 2 is 1.66 bits per heavy atom. The summed E-state index contributed by atoms with van der Waals surface area (Å²) in [7, 11) is 0. The number of carbonyl (C=O) groups is 2. The van der Waals surface area contributed by atoms with Crippen LogP contribution in [0.15, 0.2) is 0 Å². The maximum Gasteiger partial charge on any atom is 0.302 e. The lowest BCUT2D eigenvalue weighted by molar-refractivity contribution is -0.197. The standard InChI is InChI=1S/C28H46O4/c1-7-8-17(2)23-11-12-24-22-10-9-20-15-21(31-18(3)29)13-14-27(20,5)25(22)16-26(28(23,24)6)32-19(4)30/h17,20-26H,7-16H2,1-6H3/t17?,20?,21-,22?,23-,24?,25?,26+,27?,28-/m1/s1. The van der Waals surface area contributed by atoms with E-state index in [0.29, 0.717) is 29.6 Å². The van der Waals surface area contributed by atoms with E-state index >= 15 is 0 Å². The monoisotopic (exact) mass is 446 g/mol. The van der Waals surface area contributed by atoms with Crippen LogP contribution in [0.4, 0.5) is 0 Å². The summed E-state index contributed by atoms with van der Waals surface area (Å²) >= 11 is 0. The van der Waals surface area contributed by atoms with Crippen molar-refractivity contribution in [2.75, 3.05) is 0 Å². The van der Waals surface area contributed by atoms with Gasteiger partial charge in [-0.15, -0.1) is 0 Å². The maximum atomic E-state index is 12.2. The average molecular weight is 447 g/mol. The van der Waals surface area contributed by atoms with Gasteiger partial charge in [-0.1, -0.05) is 40.5 Å². The van der Waals surface area contributed by atoms with E-state index in [9.17, 15) is 9.59 Å². The summed E-state index contributed by atoms with van der Waals surface area (Å²) in [5, 5.41) is 0. The van der Waals surface area contributed by atoms with Crippen LogP contribution >= 0.6 is 0 Å². The molecule has 0 aliphatic heterocycles. The molecule has 10 atom stereocenters. The fraction of sp³-hybridized carbons (Fsp3) is 0.929. The van der Waals surface area contributed by atoms with Crippen molar-refractivity contribution in [2.45, 2.75) is 118 Å². The van der Waals surface area contributed by atoms with Crippen LogP contribution in [0, 0.1) is 46.3 Å². The summed E-state index contributed by atoms with van der Waals surface area (Å²) in [6.45, 7) is 12.9. The zero-order chi connectivity index (χ0) is 23.3. The average Bonchev–Trinajstić information content (AvgIpc) is 3.07. The highest BCUT2D eigenvalue weighted by Crippen LogP contribution is 2.69. The molecule has 4 nitrogen and oxygen atoms in total. The normalized spacial score (nSPS) is 46.4. The maximum absolute atomic E-state index is 12.2. The van der Waals surface area contributed by atoms with Crippen LogP contribution in [0.2, 0.25) is 0 Å². The molecule has 0 heterocycles. The molecule has 6 unspecified atom stereocenters. The van der Waals surface area contributed by atoms with Gasteiger partial charge in [0.15, 0.2) is 0 Å². The molecule has 4 aliphatic carbocycles. The van der Waals surface area contributed by atoms with Gasteiger partial charge in [0.1, 0.15) is 12.2 Å². The molecule has 0 aromatic heterocycles. The van der Waals surface area contributed by atoms with Gasteiger partial charge >= 0.3 is 11.9 Å². The van der Waals surface area contributed by atoms with Gasteiger partial charge in [-0.2, -0.15) is 0 Å². The Hall–Kier alpha value is -1.06. The van der Waals surface area contributed by atoms with Crippen LogP contribution in [-0.4, -0.2) is 24.1 Å². The first-order valence-electron chi connectivity index (χ1n) is 13.5. The van der Waals surface area contributed by atoms with E-state index < -0.39 is 0 Å². The second-order valence-corrected chi connectivity index (χ2v) is 12.3. The van der Waals surface area contributed by atoms with Gasteiger partial charge in [-0.05, 0) is 92.3 Å². The summed E-state index contributed by atoms with van der Waals surface area (Å²) in [6, 6.07) is 0. The molecular weight excluding hydrogens is 400 g/mol. The first kappa shape index (κ1) is 24.1. The molecule has 0 N–H and O–H groups in total. The molecule has 0 spiro atoms. The van der Waals surface area contributed by atoms with Crippen molar-refractivity contribution >= 4 is 11.9 Å². The third kappa shape index (κ3) is 3.92. The Labute approximate surface area is 195 Å². The highest BCUT2D eigenvalue weighted by Gasteiger charge is 2.65. The molecule has 4 aliphatic rings. The zero-order valence-corrected chi connectivity index (χ0v) is 21.3. The van der Waals surface area contributed by atoms with Gasteiger partial charge in [0, 0.05) is 19.3 Å². The molecule has 0 bridgehead atoms. The summed E-state index contributed by atoms with van der Waals surface area (Å²) in [5.41, 5.74) is 0.381. The van der Waals surface area contributed by atoms with Crippen molar-refractivity contribution in [1.82, 2.24) is 0 Å². The molecule has 32 heavy (non-hydrogen) atoms. The molecule has 0 aromatic carbocycles. The van der Waals surface area contributed by atoms with E-state index in [4.69, 9.17) is 9.47 Å². The summed E-state index contributed by atoms with van der Waals surface area (Å²) in [6.07, 6.45) is 11.9. The highest BCUT2D eigenvalue weighted by molar-refractivity contribution is 5.66. The smallest absolute Gasteiger partial charge is 0.302 e. The Morgan fingerprint density at radius 3 is 2.31 bits per heavy atom. The number of fused-ring (bicyclic) bond motifs is 5. The fourth-order valence-corrected chi connectivity index (χ4v) is 9.49. The molecule has 4 fully saturated rings. The molecule has 4 rings (SSSR count). The van der Waals surface area contributed by atoms with Gasteiger partial charge in [0.25, 0.3) is 0 Å². The van der Waals surface area contributed by atoms with Gasteiger partial charge in [-0.3, -0.25) is 9.59 Å². The number of hydrogen-bond acceptors (Lipinski definition) is 4. The number of carbonyl (C=O) groups excluding carboxylic acids is 2. The molecular formula is C28H46O4. The molecule has 0 saturated heterocycles. The lowest BCUT2D eigenvalue weighted by Crippen LogP contribution is -2.59. The van der Waals surface area contributed by atoms with Crippen molar-refractivity contribution < 1.29 is 19.1 Å². The van der Waals surface area contributed by atoms with E-state index in [0.717, 1.165) is 31.6 Å². The second-order valence-electron chi connectivity index (χ2n) is 12.3. The van der Waals surface area contributed by atoms with Crippen molar-refractivity contribution in [3.05, 3.63) is 0 Å². The first-order chi connectivity index (χ1) is 15.1. The number of hydrogen-bond donors (Lipinski definition) is 0. The van der Waals surface area contributed by atoms with Crippen LogP contribution in [0.25, 0.3) is 0 Å². The van der Waals surface area contributed by atoms with Crippen molar-refractivity contribution in [2.24, 2.45) is 46.3 Å². The van der Waals surface area contributed by atoms with E-state index in [-0.39, 0.29) is 35.0 Å². The largest absolute Gasteiger partial charge is 0.463 e. The van der Waals surface area contributed by atoms with Crippen LogP contribution in [-0.2, 0) is 19.1 Å². The van der Waals surface area contributed by atoms with E-state index in [1.165, 1.54) is 45.4 Å². The van der Waals surface area contributed by atoms with E-state index in [1.54, 1.807) is 6.92 Å². The Kier molecular flexibility index (Phi) is 6.73. The minimum atomic E-state index is -0.145. The fourth-order valence-electron chi connectivity index (χ4n) is 9.49. The quantitative estimate of drug-likeness (QED) is 0.449. The highest BCUT2D eigenvalue weighted by atomic mass is 16.5. The minimum Gasteiger partial charge on any atom is -0.463 e. The second kappa shape index (κ2) is 8.95. The number of esters is 2. The van der Waals surface area contributed by atoms with Crippen molar-refractivity contribution in [3.63, 3.8) is 0 Å². The number of rotatable bonds is 5. The Bertz CT molecular complexity index is 718. The topological polar surface area (TPSA) is 52.6 Å². The van der Waals surface area contributed by atoms with E-state index in [1.807, 2.05) is 0 Å². The summed E-state index contributed by atoms with van der Waals surface area (Å²) in [5.74, 6) is 3.73. The summed E-state index contributed by atoms with van der Waals surface area (Å²) < 4.78 is 11.8. The predicted octanol–water partition coefficient (Wildman–Crippen LogP) is 6.55. The molecule has 4 saturated carbocycles. The molecule has 0 radical (unpaired) electrons. The summed E-state index contributed by atoms with van der Waals surface area (Å²) in [4.78, 5) is 23.8. The predicted molar refractivity (Wildman–Crippen MR) is 126 cm³/mol. The third-order valence-electron chi connectivity index (χ3n) is 10.8. The Balaban J connectivity index is 1.62. The molecule has 0 amide bonds.